The van der Waals surface area contributed by atoms with E-state index < -0.39 is 0 Å². The quantitative estimate of drug-likeness (QED) is 0.699. The first-order valence-electron chi connectivity index (χ1n) is 7.59. The van der Waals surface area contributed by atoms with Crippen LogP contribution in [0, 0.1) is 0 Å². The molecule has 0 saturated carbocycles. The maximum atomic E-state index is 12.1. The van der Waals surface area contributed by atoms with Gasteiger partial charge >= 0.3 is 0 Å². The number of carbonyl (C=O) groups is 1. The van der Waals surface area contributed by atoms with Gasteiger partial charge in [-0.1, -0.05) is 12.1 Å². The lowest BCUT2D eigenvalue weighted by atomic mass is 10.2. The van der Waals surface area contributed by atoms with E-state index in [1.54, 1.807) is 24.3 Å². The van der Waals surface area contributed by atoms with E-state index in [2.05, 4.69) is 5.32 Å². The van der Waals surface area contributed by atoms with Gasteiger partial charge in [-0.2, -0.15) is 0 Å². The number of rotatable bonds is 8. The van der Waals surface area contributed by atoms with Crippen molar-refractivity contribution in [3.63, 3.8) is 0 Å². The molecule has 0 spiro atoms. The zero-order valence-corrected chi connectivity index (χ0v) is 15.2. The summed E-state index contributed by atoms with van der Waals surface area (Å²) in [6, 6.07) is 10.4. The summed E-state index contributed by atoms with van der Waals surface area (Å²) in [6.45, 7) is 0. The highest BCUT2D eigenvalue weighted by atomic mass is 32.2. The monoisotopic (exact) mass is 363 g/mol. The van der Waals surface area contributed by atoms with Crippen LogP contribution < -0.4 is 19.5 Å². The maximum Gasteiger partial charge on any atom is 0.225 e. The Bertz CT molecular complexity index is 710. The first-order chi connectivity index (χ1) is 12.1. The molecule has 2 aromatic carbocycles. The van der Waals surface area contributed by atoms with Gasteiger partial charge in [0.15, 0.2) is 11.5 Å². The highest BCUT2D eigenvalue weighted by Crippen LogP contribution is 2.40. The van der Waals surface area contributed by atoms with Gasteiger partial charge in [-0.3, -0.25) is 4.79 Å². The smallest absolute Gasteiger partial charge is 0.225 e. The predicted molar refractivity (Wildman–Crippen MR) is 98.2 cm³/mol. The maximum absolute atomic E-state index is 12.1. The van der Waals surface area contributed by atoms with E-state index >= 15 is 0 Å². The van der Waals surface area contributed by atoms with E-state index in [1.165, 1.54) is 33.1 Å². The number of thioether (sulfide) groups is 1. The number of aromatic hydroxyl groups is 1. The van der Waals surface area contributed by atoms with Crippen molar-refractivity contribution in [3.8, 4) is 23.0 Å². The second kappa shape index (κ2) is 9.08. The Morgan fingerprint density at radius 2 is 1.72 bits per heavy atom. The van der Waals surface area contributed by atoms with E-state index in [0.29, 0.717) is 35.1 Å². The third-order valence-corrected chi connectivity index (χ3v) is 4.46. The number of phenolic OH excluding ortho intramolecular Hbond substituents is 1. The molecule has 25 heavy (non-hydrogen) atoms. The normalized spacial score (nSPS) is 10.2. The molecule has 0 radical (unpaired) electrons. The van der Waals surface area contributed by atoms with E-state index in [-0.39, 0.29) is 11.7 Å². The van der Waals surface area contributed by atoms with E-state index in [1.807, 2.05) is 12.1 Å². The topological polar surface area (TPSA) is 77.0 Å². The van der Waals surface area contributed by atoms with E-state index in [9.17, 15) is 9.90 Å². The molecule has 0 bridgehead atoms. The molecule has 0 aromatic heterocycles. The molecule has 0 heterocycles. The fourth-order valence-electron chi connectivity index (χ4n) is 2.21. The van der Waals surface area contributed by atoms with Gasteiger partial charge in [0.1, 0.15) is 5.75 Å². The van der Waals surface area contributed by atoms with Crippen LogP contribution in [-0.4, -0.2) is 38.1 Å². The first kappa shape index (κ1) is 18.8. The molecule has 1 amide bonds. The molecule has 0 atom stereocenters. The van der Waals surface area contributed by atoms with Crippen molar-refractivity contribution in [3.05, 3.63) is 36.4 Å². The molecule has 6 nitrogen and oxygen atoms in total. The summed E-state index contributed by atoms with van der Waals surface area (Å²) >= 11 is 1.43. The van der Waals surface area contributed by atoms with Gasteiger partial charge in [0.2, 0.25) is 11.7 Å². The minimum Gasteiger partial charge on any atom is -0.507 e. The fourth-order valence-corrected chi connectivity index (χ4v) is 3.11. The largest absolute Gasteiger partial charge is 0.507 e. The number of methoxy groups -OCH3 is 3. The van der Waals surface area contributed by atoms with Crippen molar-refractivity contribution >= 4 is 23.4 Å². The zero-order valence-electron chi connectivity index (χ0n) is 14.4. The standard InChI is InChI=1S/C18H21NO5S/c1-22-14-10-12(11-15(23-2)18(14)24-3)19-17(21)8-9-25-16-7-5-4-6-13(16)20/h4-7,10-11,20H,8-9H2,1-3H3,(H,19,21). The van der Waals surface area contributed by atoms with Crippen molar-refractivity contribution in [1.29, 1.82) is 0 Å². The lowest BCUT2D eigenvalue weighted by Gasteiger charge is -2.14. The van der Waals surface area contributed by atoms with Gasteiger partial charge in [0, 0.05) is 34.9 Å². The first-order valence-corrected chi connectivity index (χ1v) is 8.58. The average Bonchev–Trinajstić information content (AvgIpc) is 2.62. The Kier molecular flexibility index (Phi) is 6.82. The number of para-hydroxylation sites is 1. The molecule has 0 saturated heterocycles. The van der Waals surface area contributed by atoms with Gasteiger partial charge in [-0.15, -0.1) is 11.8 Å². The molecule has 2 aromatic rings. The molecule has 0 fully saturated rings. The third kappa shape index (κ3) is 4.96. The lowest BCUT2D eigenvalue weighted by Crippen LogP contribution is -2.12. The van der Waals surface area contributed by atoms with Gasteiger partial charge < -0.3 is 24.6 Å². The van der Waals surface area contributed by atoms with E-state index in [4.69, 9.17) is 14.2 Å². The average molecular weight is 363 g/mol. The molecule has 2 N–H and O–H groups in total. The molecule has 0 aliphatic carbocycles. The van der Waals surface area contributed by atoms with Crippen molar-refractivity contribution in [2.45, 2.75) is 11.3 Å². The third-order valence-electron chi connectivity index (χ3n) is 3.40. The van der Waals surface area contributed by atoms with Crippen LogP contribution >= 0.6 is 11.8 Å². The molecular weight excluding hydrogens is 342 g/mol. The van der Waals surface area contributed by atoms with Gasteiger partial charge in [0.25, 0.3) is 0 Å². The molecule has 0 aliphatic heterocycles. The molecule has 0 unspecified atom stereocenters. The summed E-state index contributed by atoms with van der Waals surface area (Å²) in [5, 5.41) is 12.5. The number of phenols is 1. The van der Waals surface area contributed by atoms with Crippen molar-refractivity contribution in [2.24, 2.45) is 0 Å². The second-order valence-electron chi connectivity index (χ2n) is 5.03. The number of anilines is 1. The number of ether oxygens (including phenoxy) is 3. The predicted octanol–water partition coefficient (Wildman–Crippen LogP) is 3.54. The fraction of sp³-hybridized carbons (Fsp3) is 0.278. The van der Waals surface area contributed by atoms with E-state index in [0.717, 1.165) is 4.90 Å². The summed E-state index contributed by atoms with van der Waals surface area (Å²) in [5.41, 5.74) is 0.562. The molecule has 0 aliphatic rings. The zero-order chi connectivity index (χ0) is 18.2. The Morgan fingerprint density at radius 3 is 2.28 bits per heavy atom. The second-order valence-corrected chi connectivity index (χ2v) is 6.17. The summed E-state index contributed by atoms with van der Waals surface area (Å²) in [5.74, 6) is 2.04. The van der Waals surface area contributed by atoms with Crippen LogP contribution in [-0.2, 0) is 4.79 Å². The van der Waals surface area contributed by atoms with Crippen molar-refractivity contribution in [1.82, 2.24) is 0 Å². The number of nitrogens with one attached hydrogen (secondary N) is 1. The van der Waals surface area contributed by atoms with Gasteiger partial charge in [-0.25, -0.2) is 0 Å². The number of carbonyl (C=O) groups excluding carboxylic acids is 1. The van der Waals surface area contributed by atoms with Gasteiger partial charge in [-0.05, 0) is 12.1 Å². The van der Waals surface area contributed by atoms with Crippen LogP contribution in [0.4, 0.5) is 5.69 Å². The highest BCUT2D eigenvalue weighted by molar-refractivity contribution is 7.99. The molecular formula is C18H21NO5S. The minimum absolute atomic E-state index is 0.141. The Hall–Kier alpha value is -2.54. The summed E-state index contributed by atoms with van der Waals surface area (Å²) in [4.78, 5) is 12.9. The summed E-state index contributed by atoms with van der Waals surface area (Å²) < 4.78 is 15.8. The van der Waals surface area contributed by atoms with Crippen LogP contribution in [0.5, 0.6) is 23.0 Å². The number of hydrogen-bond donors (Lipinski definition) is 2. The number of benzene rings is 2. The van der Waals surface area contributed by atoms with Crippen molar-refractivity contribution < 1.29 is 24.1 Å². The Labute approximate surface area is 151 Å². The summed E-state index contributed by atoms with van der Waals surface area (Å²) in [6.07, 6.45) is 0.301. The lowest BCUT2D eigenvalue weighted by molar-refractivity contribution is -0.115. The highest BCUT2D eigenvalue weighted by Gasteiger charge is 2.14. The molecule has 7 heteroatoms. The van der Waals surface area contributed by atoms with Crippen molar-refractivity contribution in [2.75, 3.05) is 32.4 Å². The van der Waals surface area contributed by atoms with Crippen LogP contribution in [0.2, 0.25) is 0 Å². The number of hydrogen-bond acceptors (Lipinski definition) is 6. The minimum atomic E-state index is -0.141. The van der Waals surface area contributed by atoms with Crippen LogP contribution in [0.15, 0.2) is 41.3 Å². The number of amides is 1. The summed E-state index contributed by atoms with van der Waals surface area (Å²) in [7, 11) is 4.56. The molecule has 2 rings (SSSR count). The Balaban J connectivity index is 1.97. The molecule has 134 valence electrons. The van der Waals surface area contributed by atoms with Gasteiger partial charge in [0.05, 0.1) is 21.3 Å². The van der Waals surface area contributed by atoms with Crippen LogP contribution in [0.1, 0.15) is 6.42 Å². The Morgan fingerprint density at radius 1 is 1.08 bits per heavy atom. The van der Waals surface area contributed by atoms with Crippen LogP contribution in [0.25, 0.3) is 0 Å². The van der Waals surface area contributed by atoms with Crippen LogP contribution in [0.3, 0.4) is 0 Å². The SMILES string of the molecule is COc1cc(NC(=O)CCSc2ccccc2O)cc(OC)c1OC.